The minimum Gasteiger partial charge on any atom is -0.396 e. The molecule has 0 spiro atoms. The van der Waals surface area contributed by atoms with Gasteiger partial charge in [0.15, 0.2) is 0 Å². The molecule has 3 rings (SSSR count). The summed E-state index contributed by atoms with van der Waals surface area (Å²) < 4.78 is 0. The predicted molar refractivity (Wildman–Crippen MR) is 81.5 cm³/mol. The van der Waals surface area contributed by atoms with E-state index in [4.69, 9.17) is 0 Å². The van der Waals surface area contributed by atoms with Crippen molar-refractivity contribution in [2.24, 2.45) is 5.41 Å². The first-order valence-electron chi connectivity index (χ1n) is 7.60. The molecule has 1 aromatic heterocycles. The Morgan fingerprint density at radius 2 is 1.90 bits per heavy atom. The van der Waals surface area contributed by atoms with Crippen LogP contribution in [0.2, 0.25) is 0 Å². The standard InChI is InChI=1S/C16H22N4O/c21-12-16(8-4-5-9-16)11-17-10-14-15(19-20-18-14)13-6-2-1-3-7-13/h1-3,6-7,17,21H,4-5,8-12H2,(H,18,19,20). The van der Waals surface area contributed by atoms with Gasteiger partial charge in [-0.1, -0.05) is 43.2 Å². The second kappa shape index (κ2) is 6.37. The lowest BCUT2D eigenvalue weighted by Gasteiger charge is -2.26. The highest BCUT2D eigenvalue weighted by Crippen LogP contribution is 2.36. The quantitative estimate of drug-likeness (QED) is 0.760. The highest BCUT2D eigenvalue weighted by Gasteiger charge is 2.32. The number of hydrogen-bond donors (Lipinski definition) is 3. The Labute approximate surface area is 124 Å². The summed E-state index contributed by atoms with van der Waals surface area (Å²) in [6.07, 6.45) is 4.67. The van der Waals surface area contributed by atoms with Crippen LogP contribution in [-0.4, -0.2) is 33.7 Å². The van der Waals surface area contributed by atoms with Crippen molar-refractivity contribution in [3.05, 3.63) is 36.0 Å². The lowest BCUT2D eigenvalue weighted by Crippen LogP contribution is -2.35. The number of aromatic amines is 1. The Hall–Kier alpha value is -1.72. The van der Waals surface area contributed by atoms with Crippen LogP contribution in [0.5, 0.6) is 0 Å². The Morgan fingerprint density at radius 3 is 2.62 bits per heavy atom. The van der Waals surface area contributed by atoms with Crippen molar-refractivity contribution < 1.29 is 5.11 Å². The summed E-state index contributed by atoms with van der Waals surface area (Å²) >= 11 is 0. The molecule has 0 amide bonds. The fraction of sp³-hybridized carbons (Fsp3) is 0.500. The van der Waals surface area contributed by atoms with E-state index in [2.05, 4.69) is 20.7 Å². The van der Waals surface area contributed by atoms with Gasteiger partial charge in [0.1, 0.15) is 11.4 Å². The zero-order valence-electron chi connectivity index (χ0n) is 12.2. The first-order chi connectivity index (χ1) is 10.3. The number of aromatic nitrogens is 3. The van der Waals surface area contributed by atoms with Crippen LogP contribution in [0.15, 0.2) is 30.3 Å². The monoisotopic (exact) mass is 286 g/mol. The first kappa shape index (κ1) is 14.2. The number of H-pyrrole nitrogens is 1. The van der Waals surface area contributed by atoms with E-state index in [1.54, 1.807) is 0 Å². The third kappa shape index (κ3) is 3.14. The molecule has 1 aliphatic rings. The van der Waals surface area contributed by atoms with E-state index in [0.717, 1.165) is 36.3 Å². The van der Waals surface area contributed by atoms with E-state index in [1.165, 1.54) is 12.8 Å². The molecule has 2 aromatic rings. The largest absolute Gasteiger partial charge is 0.396 e. The molecule has 1 aliphatic carbocycles. The summed E-state index contributed by atoms with van der Waals surface area (Å²) in [4.78, 5) is 0. The Bertz CT molecular complexity index is 561. The summed E-state index contributed by atoms with van der Waals surface area (Å²) in [6.45, 7) is 1.78. The van der Waals surface area contributed by atoms with Gasteiger partial charge in [-0.15, -0.1) is 0 Å². The number of aliphatic hydroxyl groups excluding tert-OH is 1. The Balaban J connectivity index is 1.63. The molecule has 1 heterocycles. The highest BCUT2D eigenvalue weighted by molar-refractivity contribution is 5.60. The van der Waals surface area contributed by atoms with Gasteiger partial charge in [-0.25, -0.2) is 0 Å². The second-order valence-corrected chi connectivity index (χ2v) is 5.95. The van der Waals surface area contributed by atoms with Crippen LogP contribution >= 0.6 is 0 Å². The van der Waals surface area contributed by atoms with Gasteiger partial charge in [0, 0.05) is 30.7 Å². The van der Waals surface area contributed by atoms with Crippen LogP contribution in [0.1, 0.15) is 31.4 Å². The van der Waals surface area contributed by atoms with Crippen molar-refractivity contribution in [1.82, 2.24) is 20.7 Å². The molecule has 0 atom stereocenters. The molecule has 0 bridgehead atoms. The number of hydrogen-bond acceptors (Lipinski definition) is 4. The van der Waals surface area contributed by atoms with Gasteiger partial charge in [0.25, 0.3) is 0 Å². The van der Waals surface area contributed by atoms with Gasteiger partial charge in [-0.2, -0.15) is 15.4 Å². The lowest BCUT2D eigenvalue weighted by molar-refractivity contribution is 0.128. The van der Waals surface area contributed by atoms with Crippen molar-refractivity contribution in [1.29, 1.82) is 0 Å². The Kier molecular flexibility index (Phi) is 4.31. The van der Waals surface area contributed by atoms with Gasteiger partial charge in [-0.3, -0.25) is 0 Å². The van der Waals surface area contributed by atoms with E-state index in [9.17, 15) is 5.11 Å². The van der Waals surface area contributed by atoms with Crippen LogP contribution in [0.25, 0.3) is 11.3 Å². The van der Waals surface area contributed by atoms with Gasteiger partial charge in [-0.05, 0) is 12.8 Å². The third-order valence-electron chi connectivity index (χ3n) is 4.46. The zero-order chi connectivity index (χ0) is 14.5. The first-order valence-corrected chi connectivity index (χ1v) is 7.60. The van der Waals surface area contributed by atoms with Gasteiger partial charge in [0.2, 0.25) is 0 Å². The molecule has 21 heavy (non-hydrogen) atoms. The molecule has 0 saturated heterocycles. The molecule has 3 N–H and O–H groups in total. The van der Waals surface area contributed by atoms with Crippen molar-refractivity contribution >= 4 is 0 Å². The predicted octanol–water partition coefficient (Wildman–Crippen LogP) is 2.11. The summed E-state index contributed by atoms with van der Waals surface area (Å²) in [5, 5.41) is 24.3. The number of nitrogens with zero attached hydrogens (tertiary/aromatic N) is 2. The maximum atomic E-state index is 9.63. The van der Waals surface area contributed by atoms with Crippen LogP contribution in [0.4, 0.5) is 0 Å². The molecule has 1 saturated carbocycles. The van der Waals surface area contributed by atoms with E-state index < -0.39 is 0 Å². The van der Waals surface area contributed by atoms with Crippen molar-refractivity contribution in [2.75, 3.05) is 13.2 Å². The molecule has 1 aromatic carbocycles. The zero-order valence-corrected chi connectivity index (χ0v) is 12.2. The summed E-state index contributed by atoms with van der Waals surface area (Å²) in [6, 6.07) is 10.1. The van der Waals surface area contributed by atoms with Crippen LogP contribution in [0, 0.1) is 5.41 Å². The summed E-state index contributed by atoms with van der Waals surface area (Å²) in [5.74, 6) is 0. The average molecular weight is 286 g/mol. The van der Waals surface area contributed by atoms with E-state index in [-0.39, 0.29) is 12.0 Å². The third-order valence-corrected chi connectivity index (χ3v) is 4.46. The van der Waals surface area contributed by atoms with Gasteiger partial charge >= 0.3 is 0 Å². The molecular weight excluding hydrogens is 264 g/mol. The van der Waals surface area contributed by atoms with Crippen molar-refractivity contribution in [2.45, 2.75) is 32.2 Å². The molecule has 0 unspecified atom stereocenters. The molecule has 5 nitrogen and oxygen atoms in total. The van der Waals surface area contributed by atoms with Crippen molar-refractivity contribution in [3.63, 3.8) is 0 Å². The molecule has 0 radical (unpaired) electrons. The maximum Gasteiger partial charge on any atom is 0.117 e. The smallest absolute Gasteiger partial charge is 0.117 e. The number of nitrogens with one attached hydrogen (secondary N) is 2. The van der Waals surface area contributed by atoms with Crippen molar-refractivity contribution in [3.8, 4) is 11.3 Å². The molecular formula is C16H22N4O. The number of aliphatic hydroxyl groups is 1. The molecule has 112 valence electrons. The summed E-state index contributed by atoms with van der Waals surface area (Å²) in [5.41, 5.74) is 2.96. The molecule has 1 fully saturated rings. The fourth-order valence-electron chi connectivity index (χ4n) is 3.17. The van der Waals surface area contributed by atoms with Crippen LogP contribution < -0.4 is 5.32 Å². The van der Waals surface area contributed by atoms with E-state index >= 15 is 0 Å². The lowest BCUT2D eigenvalue weighted by atomic mass is 9.87. The normalized spacial score (nSPS) is 17.2. The van der Waals surface area contributed by atoms with Crippen LogP contribution in [0.3, 0.4) is 0 Å². The summed E-state index contributed by atoms with van der Waals surface area (Å²) in [7, 11) is 0. The molecule has 5 heteroatoms. The fourth-order valence-corrected chi connectivity index (χ4v) is 3.17. The minimum absolute atomic E-state index is 0.0661. The minimum atomic E-state index is 0.0661. The van der Waals surface area contributed by atoms with E-state index in [1.807, 2.05) is 30.3 Å². The van der Waals surface area contributed by atoms with Gasteiger partial charge in [0.05, 0.1) is 0 Å². The number of benzene rings is 1. The van der Waals surface area contributed by atoms with Crippen LogP contribution in [-0.2, 0) is 6.54 Å². The number of rotatable bonds is 6. The van der Waals surface area contributed by atoms with Gasteiger partial charge < -0.3 is 10.4 Å². The maximum absolute atomic E-state index is 9.63. The highest BCUT2D eigenvalue weighted by atomic mass is 16.3. The average Bonchev–Trinajstić information content (AvgIpc) is 3.18. The topological polar surface area (TPSA) is 73.8 Å². The SMILES string of the molecule is OCC1(CNCc2n[nH]nc2-c2ccccc2)CCCC1. The van der Waals surface area contributed by atoms with E-state index in [0.29, 0.717) is 6.54 Å². The Morgan fingerprint density at radius 1 is 1.14 bits per heavy atom. The second-order valence-electron chi connectivity index (χ2n) is 5.95. The molecule has 0 aliphatic heterocycles.